The van der Waals surface area contributed by atoms with Gasteiger partial charge in [0, 0.05) is 17.8 Å². The van der Waals surface area contributed by atoms with Gasteiger partial charge in [-0.2, -0.15) is 0 Å². The van der Waals surface area contributed by atoms with Gasteiger partial charge < -0.3 is 15.4 Å². The van der Waals surface area contributed by atoms with E-state index in [-0.39, 0.29) is 18.3 Å². The van der Waals surface area contributed by atoms with E-state index in [0.29, 0.717) is 17.9 Å². The minimum absolute atomic E-state index is 0.0430. The number of esters is 1. The number of carbonyl (C=O) groups is 2. The number of carbonyl (C=O) groups excluding carboxylic acids is 2. The fourth-order valence-electron chi connectivity index (χ4n) is 2.51. The van der Waals surface area contributed by atoms with Crippen LogP contribution in [-0.4, -0.2) is 22.5 Å². The second kappa shape index (κ2) is 9.16. The number of amides is 1. The maximum atomic E-state index is 12.7. The van der Waals surface area contributed by atoms with E-state index in [4.69, 9.17) is 4.74 Å². The number of hydrogen-bond acceptors (Lipinski definition) is 5. The second-order valence-corrected chi connectivity index (χ2v) is 7.28. The fourth-order valence-corrected chi connectivity index (χ4v) is 2.51. The van der Waals surface area contributed by atoms with Crippen LogP contribution in [0.25, 0.3) is 0 Å². The van der Waals surface area contributed by atoms with Gasteiger partial charge in [0.2, 0.25) is 5.91 Å². The smallest absolute Gasteiger partial charge is 0.307 e. The molecule has 6 nitrogen and oxygen atoms in total. The van der Waals surface area contributed by atoms with Gasteiger partial charge in [0.25, 0.3) is 0 Å². The summed E-state index contributed by atoms with van der Waals surface area (Å²) in [5, 5.41) is 6.07. The summed E-state index contributed by atoms with van der Waals surface area (Å²) in [4.78, 5) is 29.0. The third kappa shape index (κ3) is 6.73. The molecule has 1 amide bonds. The maximum Gasteiger partial charge on any atom is 0.307 e. The molecule has 2 rings (SSSR count). The molecule has 0 radical (unpaired) electrons. The molecule has 1 aromatic heterocycles. The van der Waals surface area contributed by atoms with Gasteiger partial charge in [-0.15, -0.1) is 0 Å². The number of pyridine rings is 1. The average Bonchev–Trinajstić information content (AvgIpc) is 2.60. The van der Waals surface area contributed by atoms with Crippen LogP contribution in [-0.2, 0) is 14.3 Å². The molecular weight excluding hydrogens is 342 g/mol. The molecule has 27 heavy (non-hydrogen) atoms. The van der Waals surface area contributed by atoms with Crippen molar-refractivity contribution >= 4 is 29.1 Å². The zero-order chi connectivity index (χ0) is 19.9. The van der Waals surface area contributed by atoms with E-state index in [1.165, 1.54) is 0 Å². The van der Waals surface area contributed by atoms with Crippen molar-refractivity contribution in [2.75, 3.05) is 10.6 Å². The van der Waals surface area contributed by atoms with Crippen LogP contribution < -0.4 is 10.6 Å². The largest absolute Gasteiger partial charge is 0.460 e. The molecule has 1 atom stereocenters. The van der Waals surface area contributed by atoms with Crippen LogP contribution in [0.2, 0.25) is 0 Å². The quantitative estimate of drug-likeness (QED) is 0.701. The van der Waals surface area contributed by atoms with Crippen molar-refractivity contribution in [2.24, 2.45) is 5.92 Å². The second-order valence-electron chi connectivity index (χ2n) is 7.28. The van der Waals surface area contributed by atoms with Crippen LogP contribution in [0.1, 0.15) is 40.5 Å². The number of aromatic nitrogens is 1. The Hall–Kier alpha value is -2.89. The van der Waals surface area contributed by atoms with Crippen molar-refractivity contribution in [1.82, 2.24) is 4.98 Å². The number of para-hydroxylation sites is 1. The Balaban J connectivity index is 2.06. The molecule has 0 aliphatic heterocycles. The Kier molecular flexibility index (Phi) is 6.93. The number of nitrogens with one attached hydrogen (secondary N) is 2. The monoisotopic (exact) mass is 369 g/mol. The summed E-state index contributed by atoms with van der Waals surface area (Å²) in [6.07, 6.45) is 2.23. The molecule has 2 N–H and O–H groups in total. The molecule has 0 aliphatic rings. The van der Waals surface area contributed by atoms with Crippen molar-refractivity contribution in [2.45, 2.75) is 46.1 Å². The van der Waals surface area contributed by atoms with Gasteiger partial charge in [-0.25, -0.2) is 4.98 Å². The summed E-state index contributed by atoms with van der Waals surface area (Å²) < 4.78 is 5.33. The first-order chi connectivity index (χ1) is 12.8. The number of benzene rings is 1. The highest BCUT2D eigenvalue weighted by Crippen LogP contribution is 2.24. The zero-order valence-electron chi connectivity index (χ0n) is 16.3. The highest BCUT2D eigenvalue weighted by Gasteiger charge is 2.24. The van der Waals surface area contributed by atoms with E-state index in [0.717, 1.165) is 5.69 Å². The lowest BCUT2D eigenvalue weighted by Gasteiger charge is -2.22. The zero-order valence-corrected chi connectivity index (χ0v) is 16.3. The SMILES string of the molecule is CC[C@H](CC(=O)OC(C)(C)C)C(=O)Nc1cccnc1Nc1ccccc1. The number of rotatable bonds is 7. The van der Waals surface area contributed by atoms with Crippen LogP contribution in [0.15, 0.2) is 48.7 Å². The van der Waals surface area contributed by atoms with Crippen molar-refractivity contribution < 1.29 is 14.3 Å². The Morgan fingerprint density at radius 2 is 1.81 bits per heavy atom. The number of hydrogen-bond donors (Lipinski definition) is 2. The molecule has 6 heteroatoms. The van der Waals surface area contributed by atoms with Crippen LogP contribution in [0, 0.1) is 5.92 Å². The summed E-state index contributed by atoms with van der Waals surface area (Å²) in [6, 6.07) is 13.1. The molecule has 0 fully saturated rings. The standard InChI is InChI=1S/C21H27N3O3/c1-5-15(14-18(25)27-21(2,3)4)20(26)24-17-12-9-13-22-19(17)23-16-10-7-6-8-11-16/h6-13,15H,5,14H2,1-4H3,(H,22,23)(H,24,26)/t15-/m1/s1. The molecule has 1 aromatic carbocycles. The van der Waals surface area contributed by atoms with Gasteiger partial charge in [-0.3, -0.25) is 9.59 Å². The Morgan fingerprint density at radius 1 is 1.11 bits per heavy atom. The molecule has 144 valence electrons. The Morgan fingerprint density at radius 3 is 2.44 bits per heavy atom. The highest BCUT2D eigenvalue weighted by atomic mass is 16.6. The summed E-state index contributed by atoms with van der Waals surface area (Å²) in [7, 11) is 0. The Bertz CT molecular complexity index is 770. The average molecular weight is 369 g/mol. The van der Waals surface area contributed by atoms with Gasteiger partial charge in [0.15, 0.2) is 5.82 Å². The van der Waals surface area contributed by atoms with Crippen molar-refractivity contribution in [3.8, 4) is 0 Å². The fraction of sp³-hybridized carbons (Fsp3) is 0.381. The number of ether oxygens (including phenoxy) is 1. The molecule has 0 bridgehead atoms. The van der Waals surface area contributed by atoms with Gasteiger partial charge in [-0.05, 0) is 51.5 Å². The minimum Gasteiger partial charge on any atom is -0.460 e. The van der Waals surface area contributed by atoms with E-state index in [1.807, 2.05) is 58.0 Å². The number of anilines is 3. The van der Waals surface area contributed by atoms with E-state index < -0.39 is 11.5 Å². The van der Waals surface area contributed by atoms with Gasteiger partial charge >= 0.3 is 5.97 Å². The summed E-state index contributed by atoms with van der Waals surface area (Å²) >= 11 is 0. The predicted octanol–water partition coefficient (Wildman–Crippen LogP) is 4.52. The van der Waals surface area contributed by atoms with Gasteiger partial charge in [0.05, 0.1) is 12.1 Å². The Labute approximate surface area is 160 Å². The van der Waals surface area contributed by atoms with Crippen LogP contribution in [0.3, 0.4) is 0 Å². The van der Waals surface area contributed by atoms with E-state index >= 15 is 0 Å². The molecule has 0 aliphatic carbocycles. The highest BCUT2D eigenvalue weighted by molar-refractivity contribution is 5.97. The first-order valence-corrected chi connectivity index (χ1v) is 9.08. The van der Waals surface area contributed by atoms with Crippen LogP contribution in [0.5, 0.6) is 0 Å². The summed E-state index contributed by atoms with van der Waals surface area (Å²) in [5.74, 6) is -0.528. The molecule has 0 saturated carbocycles. The first-order valence-electron chi connectivity index (χ1n) is 9.08. The molecule has 1 heterocycles. The molecule has 0 saturated heterocycles. The van der Waals surface area contributed by atoms with Crippen molar-refractivity contribution in [1.29, 1.82) is 0 Å². The lowest BCUT2D eigenvalue weighted by molar-refractivity contribution is -0.157. The van der Waals surface area contributed by atoms with E-state index in [1.54, 1.807) is 18.3 Å². The molecule has 0 unspecified atom stereocenters. The van der Waals surface area contributed by atoms with Crippen molar-refractivity contribution in [3.05, 3.63) is 48.7 Å². The van der Waals surface area contributed by atoms with E-state index in [2.05, 4.69) is 15.6 Å². The third-order valence-corrected chi connectivity index (χ3v) is 3.80. The third-order valence-electron chi connectivity index (χ3n) is 3.80. The van der Waals surface area contributed by atoms with E-state index in [9.17, 15) is 9.59 Å². The first kappa shape index (κ1) is 20.4. The minimum atomic E-state index is -0.567. The number of nitrogens with zero attached hydrogens (tertiary/aromatic N) is 1. The predicted molar refractivity (Wildman–Crippen MR) is 107 cm³/mol. The van der Waals surface area contributed by atoms with Crippen LogP contribution >= 0.6 is 0 Å². The maximum absolute atomic E-state index is 12.7. The van der Waals surface area contributed by atoms with Gasteiger partial charge in [0.1, 0.15) is 5.60 Å². The lowest BCUT2D eigenvalue weighted by Crippen LogP contribution is -2.29. The lowest BCUT2D eigenvalue weighted by atomic mass is 10.0. The summed E-state index contributed by atoms with van der Waals surface area (Å²) in [6.45, 7) is 7.30. The summed E-state index contributed by atoms with van der Waals surface area (Å²) in [5.41, 5.74) is 0.864. The molecular formula is C21H27N3O3. The van der Waals surface area contributed by atoms with Crippen LogP contribution in [0.4, 0.5) is 17.2 Å². The molecule has 0 spiro atoms. The van der Waals surface area contributed by atoms with Crippen molar-refractivity contribution in [3.63, 3.8) is 0 Å². The normalized spacial score (nSPS) is 12.1. The topological polar surface area (TPSA) is 80.3 Å². The van der Waals surface area contributed by atoms with Gasteiger partial charge in [-0.1, -0.05) is 25.1 Å². The molecule has 2 aromatic rings.